The second-order valence-corrected chi connectivity index (χ2v) is 10.0. The molecule has 168 valence electrons. The molecule has 2 saturated carbocycles. The number of hydrogen-bond donors (Lipinski definition) is 2. The molecule has 0 aromatic carbocycles. The van der Waals surface area contributed by atoms with Crippen molar-refractivity contribution in [3.63, 3.8) is 0 Å². The molecule has 1 saturated heterocycles. The molecule has 4 heterocycles. The number of likely N-dealkylation sites (tertiary alicyclic amines) is 1. The fourth-order valence-electron chi connectivity index (χ4n) is 5.64. The lowest BCUT2D eigenvalue weighted by Gasteiger charge is -2.35. The minimum atomic E-state index is -0.201. The number of pyridine rings is 1. The zero-order chi connectivity index (χ0) is 21.9. The highest BCUT2D eigenvalue weighted by atomic mass is 16.3. The molecule has 2 aromatic rings. The van der Waals surface area contributed by atoms with Crippen molar-refractivity contribution in [1.82, 2.24) is 20.6 Å². The van der Waals surface area contributed by atoms with E-state index >= 15 is 0 Å². The molecule has 2 aliphatic heterocycles. The second kappa shape index (κ2) is 7.32. The zero-order valence-electron chi connectivity index (χ0n) is 18.3. The summed E-state index contributed by atoms with van der Waals surface area (Å²) in [6, 6.07) is 3.39. The van der Waals surface area contributed by atoms with Crippen molar-refractivity contribution in [2.24, 2.45) is 28.3 Å². The number of aromatic nitrogens is 1. The molecule has 2 aliphatic carbocycles. The average molecular weight is 436 g/mol. The quantitative estimate of drug-likeness (QED) is 0.752. The van der Waals surface area contributed by atoms with Gasteiger partial charge in [0, 0.05) is 42.8 Å². The van der Waals surface area contributed by atoms with Crippen molar-refractivity contribution in [3.05, 3.63) is 30.3 Å². The van der Waals surface area contributed by atoms with E-state index in [1.807, 2.05) is 11.0 Å². The van der Waals surface area contributed by atoms with Crippen LogP contribution in [0.5, 0.6) is 0 Å². The van der Waals surface area contributed by atoms with E-state index < -0.39 is 0 Å². The lowest BCUT2D eigenvalue weighted by atomic mass is 9.89. The number of fused-ring (bicyclic) bond motifs is 1. The Balaban J connectivity index is 0.992. The van der Waals surface area contributed by atoms with Gasteiger partial charge in [-0.05, 0) is 61.5 Å². The Morgan fingerprint density at radius 2 is 2.12 bits per heavy atom. The van der Waals surface area contributed by atoms with Gasteiger partial charge in [-0.25, -0.2) is 0 Å². The highest BCUT2D eigenvalue weighted by Gasteiger charge is 2.55. The molecule has 4 aliphatic rings. The number of piperidine rings is 1. The number of amides is 2. The number of hydrogen-bond acceptors (Lipinski definition) is 6. The molecule has 8 nitrogen and oxygen atoms in total. The smallest absolute Gasteiger partial charge is 0.287 e. The van der Waals surface area contributed by atoms with Gasteiger partial charge in [0.2, 0.25) is 5.91 Å². The second-order valence-electron chi connectivity index (χ2n) is 10.0. The first-order valence-corrected chi connectivity index (χ1v) is 11.8. The third-order valence-corrected chi connectivity index (χ3v) is 8.05. The van der Waals surface area contributed by atoms with Crippen LogP contribution in [-0.2, 0) is 4.79 Å². The number of hydrazone groups is 1. The van der Waals surface area contributed by atoms with Crippen molar-refractivity contribution < 1.29 is 14.0 Å². The first-order valence-electron chi connectivity index (χ1n) is 11.8. The summed E-state index contributed by atoms with van der Waals surface area (Å²) in [4.78, 5) is 31.6. The summed E-state index contributed by atoms with van der Waals surface area (Å²) < 4.78 is 5.61. The van der Waals surface area contributed by atoms with Gasteiger partial charge in [0.1, 0.15) is 6.04 Å². The fraction of sp³-hybridized carbons (Fsp3) is 0.583. The van der Waals surface area contributed by atoms with Crippen LogP contribution in [0.2, 0.25) is 0 Å². The Kier molecular flexibility index (Phi) is 4.52. The maximum Gasteiger partial charge on any atom is 0.287 e. The van der Waals surface area contributed by atoms with Crippen LogP contribution in [0.3, 0.4) is 0 Å². The average Bonchev–Trinajstić information content (AvgIpc) is 3.67. The third-order valence-electron chi connectivity index (χ3n) is 8.05. The van der Waals surface area contributed by atoms with Crippen molar-refractivity contribution in [1.29, 1.82) is 0 Å². The standard InChI is InChI=1S/C24H29N5O3/c1-14-20(15-2-3-15)27-28-21(14)23(31)29-8-5-24(6-9-29)11-17(24)12-26-22(30)18-10-16-4-7-25-13-19(16)32-18/h4,7,10,13-15,17,21,28H,2-3,5-6,8-9,11-12H2,1H3,(H,26,30). The number of nitrogens with one attached hydrogen (secondary N) is 2. The summed E-state index contributed by atoms with van der Waals surface area (Å²) in [7, 11) is 0. The van der Waals surface area contributed by atoms with Crippen LogP contribution in [0.4, 0.5) is 0 Å². The van der Waals surface area contributed by atoms with Gasteiger partial charge in [-0.1, -0.05) is 6.92 Å². The van der Waals surface area contributed by atoms with Gasteiger partial charge in [-0.2, -0.15) is 5.10 Å². The predicted octanol–water partition coefficient (Wildman–Crippen LogP) is 2.56. The van der Waals surface area contributed by atoms with Gasteiger partial charge in [0.25, 0.3) is 5.91 Å². The fourth-order valence-corrected chi connectivity index (χ4v) is 5.64. The third kappa shape index (κ3) is 3.36. The maximum atomic E-state index is 13.1. The topological polar surface area (TPSA) is 99.8 Å². The molecule has 1 spiro atoms. The molecule has 2 aromatic heterocycles. The number of nitrogens with zero attached hydrogens (tertiary/aromatic N) is 3. The van der Waals surface area contributed by atoms with Crippen molar-refractivity contribution in [2.45, 2.75) is 45.1 Å². The van der Waals surface area contributed by atoms with Crippen LogP contribution in [0, 0.1) is 23.2 Å². The summed E-state index contributed by atoms with van der Waals surface area (Å²) in [5.41, 5.74) is 5.20. The lowest BCUT2D eigenvalue weighted by molar-refractivity contribution is -0.135. The van der Waals surface area contributed by atoms with Gasteiger partial charge >= 0.3 is 0 Å². The van der Waals surface area contributed by atoms with E-state index in [2.05, 4.69) is 27.8 Å². The van der Waals surface area contributed by atoms with Gasteiger partial charge in [-0.3, -0.25) is 20.0 Å². The van der Waals surface area contributed by atoms with E-state index in [9.17, 15) is 9.59 Å². The lowest BCUT2D eigenvalue weighted by Crippen LogP contribution is -2.50. The molecule has 3 atom stereocenters. The van der Waals surface area contributed by atoms with Crippen molar-refractivity contribution >= 4 is 28.5 Å². The van der Waals surface area contributed by atoms with Crippen LogP contribution in [0.15, 0.2) is 34.0 Å². The van der Waals surface area contributed by atoms with Crippen molar-refractivity contribution in [2.75, 3.05) is 19.6 Å². The van der Waals surface area contributed by atoms with E-state index in [0.29, 0.717) is 29.7 Å². The molecule has 3 unspecified atom stereocenters. The largest absolute Gasteiger partial charge is 0.449 e. The van der Waals surface area contributed by atoms with Gasteiger partial charge in [-0.15, -0.1) is 0 Å². The minimum absolute atomic E-state index is 0.177. The monoisotopic (exact) mass is 435 g/mol. The summed E-state index contributed by atoms with van der Waals surface area (Å²) in [5, 5.41) is 8.40. The molecule has 0 bridgehead atoms. The van der Waals surface area contributed by atoms with Gasteiger partial charge in [0.15, 0.2) is 11.3 Å². The maximum absolute atomic E-state index is 13.1. The summed E-state index contributed by atoms with van der Waals surface area (Å²) in [6.07, 6.45) is 8.87. The molecular formula is C24H29N5O3. The molecule has 32 heavy (non-hydrogen) atoms. The zero-order valence-corrected chi connectivity index (χ0v) is 18.3. The molecule has 2 amide bonds. The van der Waals surface area contributed by atoms with Crippen LogP contribution < -0.4 is 10.7 Å². The molecule has 2 N–H and O–H groups in total. The van der Waals surface area contributed by atoms with E-state index in [1.54, 1.807) is 18.5 Å². The Morgan fingerprint density at radius 1 is 1.31 bits per heavy atom. The first kappa shape index (κ1) is 19.8. The first-order chi connectivity index (χ1) is 15.5. The predicted molar refractivity (Wildman–Crippen MR) is 119 cm³/mol. The Hall–Kier alpha value is -2.90. The Morgan fingerprint density at radius 3 is 2.88 bits per heavy atom. The number of carbonyl (C=O) groups excluding carboxylic acids is 2. The highest BCUT2D eigenvalue weighted by molar-refractivity contribution is 5.98. The molecular weight excluding hydrogens is 406 g/mol. The highest BCUT2D eigenvalue weighted by Crippen LogP contribution is 2.59. The molecule has 6 rings (SSSR count). The van der Waals surface area contributed by atoms with Crippen LogP contribution >= 0.6 is 0 Å². The van der Waals surface area contributed by atoms with E-state index in [4.69, 9.17) is 4.42 Å². The molecule has 0 radical (unpaired) electrons. The minimum Gasteiger partial charge on any atom is -0.449 e. The van der Waals surface area contributed by atoms with Crippen molar-refractivity contribution in [3.8, 4) is 0 Å². The van der Waals surface area contributed by atoms with Crippen LogP contribution in [0.25, 0.3) is 11.0 Å². The van der Waals surface area contributed by atoms with E-state index in [1.165, 1.54) is 18.6 Å². The van der Waals surface area contributed by atoms with E-state index in [-0.39, 0.29) is 29.2 Å². The van der Waals surface area contributed by atoms with E-state index in [0.717, 1.165) is 37.7 Å². The summed E-state index contributed by atoms with van der Waals surface area (Å²) >= 11 is 0. The number of rotatable bonds is 5. The number of furan rings is 1. The molecule has 3 fully saturated rings. The van der Waals surface area contributed by atoms with Crippen LogP contribution in [-0.4, -0.2) is 53.1 Å². The molecule has 8 heteroatoms. The van der Waals surface area contributed by atoms with Gasteiger partial charge in [0.05, 0.1) is 6.20 Å². The Labute approximate surface area is 186 Å². The summed E-state index contributed by atoms with van der Waals surface area (Å²) in [6.45, 7) is 4.37. The normalized spacial score (nSPS) is 28.5. The van der Waals surface area contributed by atoms with Crippen LogP contribution in [0.1, 0.15) is 49.6 Å². The SMILES string of the molecule is CC1C(C2CC2)=NNC1C(=O)N1CCC2(CC1)CC2CNC(=O)c1cc2ccncc2o1. The summed E-state index contributed by atoms with van der Waals surface area (Å²) in [5.74, 6) is 1.61. The van der Waals surface area contributed by atoms with Gasteiger partial charge < -0.3 is 14.6 Å². The number of carbonyl (C=O) groups is 2. The Bertz CT molecular complexity index is 1060.